The molecule has 0 aliphatic rings. The van der Waals surface area contributed by atoms with Crippen molar-refractivity contribution in [2.45, 2.75) is 13.3 Å². The van der Waals surface area contributed by atoms with Crippen LogP contribution in [0.1, 0.15) is 29.3 Å². The van der Waals surface area contributed by atoms with Gasteiger partial charge in [0.2, 0.25) is 0 Å². The summed E-state index contributed by atoms with van der Waals surface area (Å²) in [5, 5.41) is 9.00. The minimum absolute atomic E-state index is 0.0846. The Morgan fingerprint density at radius 3 is 2.78 bits per heavy atom. The van der Waals surface area contributed by atoms with E-state index in [1.807, 2.05) is 0 Å². The van der Waals surface area contributed by atoms with Crippen LogP contribution in [0.5, 0.6) is 0 Å². The summed E-state index contributed by atoms with van der Waals surface area (Å²) >= 11 is 0. The molecular weight excluding hydrogens is 234 g/mol. The molecule has 0 saturated carbocycles. The van der Waals surface area contributed by atoms with Crippen LogP contribution in [-0.4, -0.2) is 23.7 Å². The fourth-order valence-electron chi connectivity index (χ4n) is 1.45. The fourth-order valence-corrected chi connectivity index (χ4v) is 1.45. The number of aromatic carboxylic acids is 1. The summed E-state index contributed by atoms with van der Waals surface area (Å²) in [7, 11) is 0. The van der Waals surface area contributed by atoms with E-state index < -0.39 is 5.97 Å². The zero-order valence-corrected chi connectivity index (χ0v) is 10.1. The van der Waals surface area contributed by atoms with Gasteiger partial charge in [-0.3, -0.25) is 4.79 Å². The average Bonchev–Trinajstić information content (AvgIpc) is 2.31. The summed E-state index contributed by atoms with van der Waals surface area (Å²) in [6.07, 6.45) is 3.15. The van der Waals surface area contributed by atoms with Crippen molar-refractivity contribution in [1.29, 1.82) is 0 Å². The van der Waals surface area contributed by atoms with Crippen molar-refractivity contribution in [3.05, 3.63) is 35.4 Å². The van der Waals surface area contributed by atoms with Crippen molar-refractivity contribution in [1.82, 2.24) is 0 Å². The number of carbonyl (C=O) groups excluding carboxylic acids is 1. The topological polar surface area (TPSA) is 89.6 Å². The number of nitrogen functional groups attached to an aromatic ring is 1. The lowest BCUT2D eigenvalue weighted by molar-refractivity contribution is -0.142. The molecule has 3 N–H and O–H groups in total. The first kappa shape index (κ1) is 13.8. The van der Waals surface area contributed by atoms with Gasteiger partial charge in [-0.15, -0.1) is 0 Å². The minimum Gasteiger partial charge on any atom is -0.478 e. The Morgan fingerprint density at radius 2 is 2.17 bits per heavy atom. The zero-order chi connectivity index (χ0) is 13.5. The summed E-state index contributed by atoms with van der Waals surface area (Å²) in [5.74, 6) is -1.42. The van der Waals surface area contributed by atoms with Crippen LogP contribution >= 0.6 is 0 Å². The lowest BCUT2D eigenvalue weighted by atomic mass is 10.0. The number of carbonyl (C=O) groups is 2. The first-order valence-electron chi connectivity index (χ1n) is 5.50. The van der Waals surface area contributed by atoms with Gasteiger partial charge in [-0.25, -0.2) is 4.79 Å². The molecule has 0 spiro atoms. The molecule has 0 heterocycles. The van der Waals surface area contributed by atoms with Crippen molar-refractivity contribution >= 4 is 23.7 Å². The van der Waals surface area contributed by atoms with Gasteiger partial charge in [0.05, 0.1) is 18.6 Å². The summed E-state index contributed by atoms with van der Waals surface area (Å²) in [5.41, 5.74) is 6.56. The third kappa shape index (κ3) is 3.62. The van der Waals surface area contributed by atoms with E-state index in [1.54, 1.807) is 19.1 Å². The van der Waals surface area contributed by atoms with Crippen LogP contribution in [0.3, 0.4) is 0 Å². The number of benzene rings is 1. The highest BCUT2D eigenvalue weighted by Crippen LogP contribution is 2.19. The Hall–Kier alpha value is -2.30. The summed E-state index contributed by atoms with van der Waals surface area (Å²) in [6.45, 7) is 2.04. The maximum Gasteiger partial charge on any atom is 0.336 e. The van der Waals surface area contributed by atoms with Crippen LogP contribution in [0.2, 0.25) is 0 Å². The monoisotopic (exact) mass is 249 g/mol. The largest absolute Gasteiger partial charge is 0.478 e. The standard InChI is InChI=1S/C13H15NO4/c1-2-18-12(15)8-4-5-9-10(13(16)17)6-3-7-11(9)14/h3-7H,2,8,14H2,1H3,(H,16,17). The number of anilines is 1. The molecule has 96 valence electrons. The van der Waals surface area contributed by atoms with E-state index in [-0.39, 0.29) is 18.0 Å². The molecule has 1 rings (SSSR count). The van der Waals surface area contributed by atoms with Gasteiger partial charge in [-0.2, -0.15) is 0 Å². The third-order valence-corrected chi connectivity index (χ3v) is 2.24. The van der Waals surface area contributed by atoms with Crippen molar-refractivity contribution in [3.8, 4) is 0 Å². The molecule has 0 aliphatic heterocycles. The third-order valence-electron chi connectivity index (χ3n) is 2.24. The van der Waals surface area contributed by atoms with Gasteiger partial charge in [0.1, 0.15) is 0 Å². The Labute approximate surface area is 105 Å². The number of hydrogen-bond donors (Lipinski definition) is 2. The highest BCUT2D eigenvalue weighted by Gasteiger charge is 2.09. The van der Waals surface area contributed by atoms with Crippen LogP contribution in [-0.2, 0) is 9.53 Å². The molecule has 0 atom stereocenters. The molecule has 0 amide bonds. The van der Waals surface area contributed by atoms with Gasteiger partial charge < -0.3 is 15.6 Å². The quantitative estimate of drug-likeness (QED) is 0.614. The molecule has 0 unspecified atom stereocenters. The Bertz CT molecular complexity index is 480. The lowest BCUT2D eigenvalue weighted by Crippen LogP contribution is -2.03. The van der Waals surface area contributed by atoms with Gasteiger partial charge in [-0.05, 0) is 19.1 Å². The van der Waals surface area contributed by atoms with E-state index in [1.165, 1.54) is 18.2 Å². The van der Waals surface area contributed by atoms with Crippen LogP contribution in [0.4, 0.5) is 5.69 Å². The van der Waals surface area contributed by atoms with Crippen molar-refractivity contribution in [3.63, 3.8) is 0 Å². The molecular formula is C13H15NO4. The second-order valence-electron chi connectivity index (χ2n) is 3.53. The number of rotatable bonds is 5. The van der Waals surface area contributed by atoms with Crippen molar-refractivity contribution < 1.29 is 19.4 Å². The summed E-state index contributed by atoms with van der Waals surface area (Å²) in [6, 6.07) is 4.64. The average molecular weight is 249 g/mol. The smallest absolute Gasteiger partial charge is 0.336 e. The second kappa shape index (κ2) is 6.44. The normalized spacial score (nSPS) is 10.5. The first-order chi connectivity index (χ1) is 8.56. The molecule has 0 bridgehead atoms. The predicted molar refractivity (Wildman–Crippen MR) is 68.1 cm³/mol. The number of nitrogens with two attached hydrogens (primary N) is 1. The van der Waals surface area contributed by atoms with Gasteiger partial charge in [0.25, 0.3) is 0 Å². The van der Waals surface area contributed by atoms with Crippen LogP contribution in [0, 0.1) is 0 Å². The molecule has 5 heteroatoms. The summed E-state index contributed by atoms with van der Waals surface area (Å²) in [4.78, 5) is 22.1. The maximum absolute atomic E-state index is 11.1. The van der Waals surface area contributed by atoms with E-state index in [0.717, 1.165) is 0 Å². The highest BCUT2D eigenvalue weighted by atomic mass is 16.5. The SMILES string of the molecule is CCOC(=O)CC=Cc1c(N)cccc1C(=O)O. The number of carboxylic acids is 1. The Kier molecular flexibility index (Phi) is 4.92. The molecule has 0 aliphatic carbocycles. The van der Waals surface area contributed by atoms with Crippen LogP contribution in [0.25, 0.3) is 6.08 Å². The molecule has 1 aromatic rings. The minimum atomic E-state index is -1.06. The molecule has 1 aromatic carbocycles. The number of carboxylic acid groups (broad SMARTS) is 1. The van der Waals surface area contributed by atoms with E-state index in [0.29, 0.717) is 17.9 Å². The maximum atomic E-state index is 11.1. The van der Waals surface area contributed by atoms with Crippen molar-refractivity contribution in [2.75, 3.05) is 12.3 Å². The molecule has 18 heavy (non-hydrogen) atoms. The van der Waals surface area contributed by atoms with E-state index in [9.17, 15) is 9.59 Å². The molecule has 0 saturated heterocycles. The predicted octanol–water partition coefficient (Wildman–Crippen LogP) is 1.93. The summed E-state index contributed by atoms with van der Waals surface area (Å²) < 4.78 is 4.75. The number of hydrogen-bond acceptors (Lipinski definition) is 4. The van der Waals surface area contributed by atoms with Gasteiger partial charge in [0, 0.05) is 11.3 Å². The van der Waals surface area contributed by atoms with Crippen LogP contribution in [0.15, 0.2) is 24.3 Å². The number of esters is 1. The Balaban J connectivity index is 2.86. The van der Waals surface area contributed by atoms with E-state index >= 15 is 0 Å². The fraction of sp³-hybridized carbons (Fsp3) is 0.231. The molecule has 0 radical (unpaired) electrons. The Morgan fingerprint density at radius 1 is 1.44 bits per heavy atom. The van der Waals surface area contributed by atoms with Gasteiger partial charge in [-0.1, -0.05) is 18.2 Å². The van der Waals surface area contributed by atoms with E-state index in [4.69, 9.17) is 15.6 Å². The number of ether oxygens (including phenoxy) is 1. The van der Waals surface area contributed by atoms with Crippen molar-refractivity contribution in [2.24, 2.45) is 0 Å². The first-order valence-corrected chi connectivity index (χ1v) is 5.50. The van der Waals surface area contributed by atoms with Gasteiger partial charge >= 0.3 is 11.9 Å². The zero-order valence-electron chi connectivity index (χ0n) is 10.1. The molecule has 5 nitrogen and oxygen atoms in total. The van der Waals surface area contributed by atoms with E-state index in [2.05, 4.69) is 0 Å². The van der Waals surface area contributed by atoms with Crippen LogP contribution < -0.4 is 5.73 Å². The molecule has 0 aromatic heterocycles. The second-order valence-corrected chi connectivity index (χ2v) is 3.53. The molecule has 0 fully saturated rings. The van der Waals surface area contributed by atoms with Gasteiger partial charge in [0.15, 0.2) is 0 Å². The highest BCUT2D eigenvalue weighted by molar-refractivity contribution is 5.94. The lowest BCUT2D eigenvalue weighted by Gasteiger charge is -2.04.